The van der Waals surface area contributed by atoms with Gasteiger partial charge in [0.2, 0.25) is 0 Å². The lowest BCUT2D eigenvalue weighted by Gasteiger charge is -2.14. The highest BCUT2D eigenvalue weighted by Crippen LogP contribution is 2.14. The van der Waals surface area contributed by atoms with Crippen molar-refractivity contribution in [3.05, 3.63) is 17.7 Å². The Hall–Kier alpha value is -1.32. The van der Waals surface area contributed by atoms with Crippen molar-refractivity contribution in [3.8, 4) is 0 Å². The molecule has 4 nitrogen and oxygen atoms in total. The van der Waals surface area contributed by atoms with Crippen molar-refractivity contribution in [2.24, 2.45) is 5.73 Å². The molecular weight excluding hydrogens is 164 g/mol. The van der Waals surface area contributed by atoms with Crippen LogP contribution in [0, 0.1) is 19.3 Å². The molecule has 0 saturated carbocycles. The Balaban J connectivity index is 2.82. The molecule has 4 heteroatoms. The van der Waals surface area contributed by atoms with Crippen molar-refractivity contribution in [1.29, 1.82) is 5.41 Å². The van der Waals surface area contributed by atoms with Gasteiger partial charge in [-0.15, -0.1) is 0 Å². The summed E-state index contributed by atoms with van der Waals surface area (Å²) in [5.74, 6) is 0.221. The lowest BCUT2D eigenvalue weighted by atomic mass is 10.2. The first-order valence-electron chi connectivity index (χ1n) is 4.35. The topological polar surface area (TPSA) is 67.7 Å². The summed E-state index contributed by atoms with van der Waals surface area (Å²) in [6.45, 7) is 6.04. The summed E-state index contributed by atoms with van der Waals surface area (Å²) >= 11 is 0. The highest BCUT2D eigenvalue weighted by atomic mass is 15.1. The fourth-order valence-electron chi connectivity index (χ4n) is 1.38. The van der Waals surface area contributed by atoms with Crippen molar-refractivity contribution in [2.45, 2.75) is 33.2 Å². The molecule has 3 N–H and O–H groups in total. The first-order chi connectivity index (χ1) is 6.02. The van der Waals surface area contributed by atoms with Crippen LogP contribution >= 0.6 is 0 Å². The second kappa shape index (κ2) is 3.60. The van der Waals surface area contributed by atoms with E-state index in [1.165, 1.54) is 0 Å². The number of hydrogen-bond donors (Lipinski definition) is 2. The van der Waals surface area contributed by atoms with Gasteiger partial charge in [-0.1, -0.05) is 0 Å². The molecule has 0 radical (unpaired) electrons. The minimum Gasteiger partial charge on any atom is -0.388 e. The zero-order valence-corrected chi connectivity index (χ0v) is 8.33. The zero-order chi connectivity index (χ0) is 10.0. The van der Waals surface area contributed by atoms with Gasteiger partial charge in [0.25, 0.3) is 0 Å². The van der Waals surface area contributed by atoms with Gasteiger partial charge in [0.1, 0.15) is 0 Å². The van der Waals surface area contributed by atoms with Crippen LogP contribution in [-0.4, -0.2) is 15.4 Å². The van der Waals surface area contributed by atoms with Crippen LogP contribution in [0.2, 0.25) is 0 Å². The molecule has 1 aromatic rings. The fourth-order valence-corrected chi connectivity index (χ4v) is 1.38. The molecule has 1 aromatic heterocycles. The average Bonchev–Trinajstić information content (AvgIpc) is 2.31. The maximum atomic E-state index is 7.20. The first-order valence-corrected chi connectivity index (χ1v) is 4.35. The molecule has 0 spiro atoms. The van der Waals surface area contributed by atoms with Crippen molar-refractivity contribution in [3.63, 3.8) is 0 Å². The van der Waals surface area contributed by atoms with Crippen LogP contribution in [0.4, 0.5) is 0 Å². The van der Waals surface area contributed by atoms with Crippen LogP contribution in [0.1, 0.15) is 30.8 Å². The minimum absolute atomic E-state index is 0.221. The highest BCUT2D eigenvalue weighted by Gasteiger charge is 2.09. The molecule has 0 aliphatic carbocycles. The van der Waals surface area contributed by atoms with Crippen LogP contribution in [0.15, 0.2) is 6.33 Å². The normalized spacial score (nSPS) is 12.8. The lowest BCUT2D eigenvalue weighted by Crippen LogP contribution is -2.17. The van der Waals surface area contributed by atoms with E-state index < -0.39 is 0 Å². The number of rotatable bonds is 3. The Labute approximate surface area is 78.3 Å². The summed E-state index contributed by atoms with van der Waals surface area (Å²) in [6, 6.07) is 0.221. The molecule has 0 aliphatic rings. The second-order valence-electron chi connectivity index (χ2n) is 3.40. The standard InChI is InChI=1S/C9H16N4/c1-6(4-9(10)11)13-5-12-7(2)8(13)3/h5-6H,4H2,1-3H3,(H3,10,11). The SMILES string of the molecule is Cc1ncn(C(C)CC(=N)N)c1C. The van der Waals surface area contributed by atoms with Crippen LogP contribution in [0.3, 0.4) is 0 Å². The van der Waals surface area contributed by atoms with Gasteiger partial charge in [0.15, 0.2) is 0 Å². The molecule has 13 heavy (non-hydrogen) atoms. The van der Waals surface area contributed by atoms with Gasteiger partial charge in [0, 0.05) is 18.2 Å². The van der Waals surface area contributed by atoms with E-state index in [1.54, 1.807) is 6.33 Å². The summed E-state index contributed by atoms with van der Waals surface area (Å²) in [4.78, 5) is 4.20. The molecule has 0 amide bonds. The third-order valence-corrected chi connectivity index (χ3v) is 2.28. The van der Waals surface area contributed by atoms with E-state index in [4.69, 9.17) is 11.1 Å². The van der Waals surface area contributed by atoms with E-state index in [0.717, 1.165) is 11.4 Å². The maximum Gasteiger partial charge on any atom is 0.0954 e. The van der Waals surface area contributed by atoms with Gasteiger partial charge in [-0.3, -0.25) is 5.41 Å². The smallest absolute Gasteiger partial charge is 0.0954 e. The number of aromatic nitrogens is 2. The van der Waals surface area contributed by atoms with Crippen LogP contribution in [0.25, 0.3) is 0 Å². The van der Waals surface area contributed by atoms with E-state index in [9.17, 15) is 0 Å². The predicted octanol–water partition coefficient (Wildman–Crippen LogP) is 1.39. The third-order valence-electron chi connectivity index (χ3n) is 2.28. The van der Waals surface area contributed by atoms with E-state index >= 15 is 0 Å². The molecule has 1 atom stereocenters. The number of imidazole rings is 1. The molecular formula is C9H16N4. The average molecular weight is 180 g/mol. The van der Waals surface area contributed by atoms with Crippen molar-refractivity contribution < 1.29 is 0 Å². The molecule has 0 fully saturated rings. The van der Waals surface area contributed by atoms with Crippen molar-refractivity contribution in [2.75, 3.05) is 0 Å². The van der Waals surface area contributed by atoms with Gasteiger partial charge >= 0.3 is 0 Å². The summed E-state index contributed by atoms with van der Waals surface area (Å²) in [5.41, 5.74) is 7.52. The Bertz CT molecular complexity index is 313. The predicted molar refractivity (Wildman–Crippen MR) is 52.9 cm³/mol. The third kappa shape index (κ3) is 2.08. The maximum absolute atomic E-state index is 7.20. The Kier molecular flexibility index (Phi) is 2.70. The molecule has 1 rings (SSSR count). The minimum atomic E-state index is 0.221. The number of nitrogens with two attached hydrogens (primary N) is 1. The molecule has 1 heterocycles. The summed E-state index contributed by atoms with van der Waals surface area (Å²) < 4.78 is 2.05. The van der Waals surface area contributed by atoms with Gasteiger partial charge in [-0.2, -0.15) is 0 Å². The molecule has 72 valence electrons. The molecule has 0 aromatic carbocycles. The van der Waals surface area contributed by atoms with Gasteiger partial charge in [0.05, 0.1) is 17.9 Å². The van der Waals surface area contributed by atoms with Crippen LogP contribution in [0.5, 0.6) is 0 Å². The van der Waals surface area contributed by atoms with E-state index in [-0.39, 0.29) is 11.9 Å². The second-order valence-corrected chi connectivity index (χ2v) is 3.40. The highest BCUT2D eigenvalue weighted by molar-refractivity contribution is 5.77. The van der Waals surface area contributed by atoms with E-state index in [0.29, 0.717) is 6.42 Å². The van der Waals surface area contributed by atoms with E-state index in [1.807, 2.05) is 20.8 Å². The first kappa shape index (κ1) is 9.77. The summed E-state index contributed by atoms with van der Waals surface area (Å²) in [5, 5.41) is 7.20. The van der Waals surface area contributed by atoms with Crippen LogP contribution < -0.4 is 5.73 Å². The number of aryl methyl sites for hydroxylation is 1. The molecule has 0 bridgehead atoms. The number of amidine groups is 1. The zero-order valence-electron chi connectivity index (χ0n) is 8.33. The number of nitrogens with zero attached hydrogens (tertiary/aromatic N) is 2. The Morgan fingerprint density at radius 3 is 2.69 bits per heavy atom. The lowest BCUT2D eigenvalue weighted by molar-refractivity contribution is 0.552. The van der Waals surface area contributed by atoms with Gasteiger partial charge in [-0.05, 0) is 20.8 Å². The quantitative estimate of drug-likeness (QED) is 0.545. The largest absolute Gasteiger partial charge is 0.388 e. The number of nitrogens with one attached hydrogen (secondary N) is 1. The van der Waals surface area contributed by atoms with Crippen LogP contribution in [-0.2, 0) is 0 Å². The van der Waals surface area contributed by atoms with Crippen molar-refractivity contribution in [1.82, 2.24) is 9.55 Å². The fraction of sp³-hybridized carbons (Fsp3) is 0.556. The molecule has 0 saturated heterocycles. The molecule has 1 unspecified atom stereocenters. The van der Waals surface area contributed by atoms with Gasteiger partial charge in [-0.25, -0.2) is 4.98 Å². The summed E-state index contributed by atoms with van der Waals surface area (Å²) in [7, 11) is 0. The number of hydrogen-bond acceptors (Lipinski definition) is 2. The summed E-state index contributed by atoms with van der Waals surface area (Å²) in [6.07, 6.45) is 2.38. The Morgan fingerprint density at radius 1 is 1.69 bits per heavy atom. The Morgan fingerprint density at radius 2 is 2.31 bits per heavy atom. The monoisotopic (exact) mass is 180 g/mol. The van der Waals surface area contributed by atoms with Crippen molar-refractivity contribution >= 4 is 5.84 Å². The van der Waals surface area contributed by atoms with Gasteiger partial charge < -0.3 is 10.3 Å². The molecule has 0 aliphatic heterocycles. The van der Waals surface area contributed by atoms with E-state index in [2.05, 4.69) is 9.55 Å².